The molecule has 0 aromatic heterocycles. The van der Waals surface area contributed by atoms with Crippen LogP contribution in [0, 0.1) is 0 Å². The third-order valence-electron chi connectivity index (χ3n) is 3.97. The molecule has 2 aromatic carbocycles. The van der Waals surface area contributed by atoms with Gasteiger partial charge in [0.25, 0.3) is 5.91 Å². The molecule has 0 aliphatic carbocycles. The predicted octanol–water partition coefficient (Wildman–Crippen LogP) is 5.60. The SMILES string of the molecule is CC(C)(C)c1cc(C=C2C(=O)Nc3ccc(Cl)cc32)cc(Br)c1O. The van der Waals surface area contributed by atoms with Crippen molar-refractivity contribution in [2.75, 3.05) is 5.32 Å². The van der Waals surface area contributed by atoms with Crippen LogP contribution < -0.4 is 5.32 Å². The van der Waals surface area contributed by atoms with Crippen LogP contribution in [-0.4, -0.2) is 11.0 Å². The van der Waals surface area contributed by atoms with Gasteiger partial charge in [0.05, 0.1) is 4.47 Å². The number of rotatable bonds is 1. The maximum absolute atomic E-state index is 12.3. The molecule has 0 radical (unpaired) electrons. The highest BCUT2D eigenvalue weighted by Gasteiger charge is 2.25. The Labute approximate surface area is 154 Å². The first-order valence-electron chi connectivity index (χ1n) is 7.53. The number of hydrogen-bond acceptors (Lipinski definition) is 2. The normalized spacial score (nSPS) is 15.5. The van der Waals surface area contributed by atoms with Crippen molar-refractivity contribution in [2.45, 2.75) is 26.2 Å². The molecule has 1 heterocycles. The van der Waals surface area contributed by atoms with Crippen molar-refractivity contribution in [3.63, 3.8) is 0 Å². The third kappa shape index (κ3) is 3.08. The highest BCUT2D eigenvalue weighted by atomic mass is 79.9. The van der Waals surface area contributed by atoms with Crippen LogP contribution in [0.25, 0.3) is 11.6 Å². The van der Waals surface area contributed by atoms with E-state index in [-0.39, 0.29) is 17.1 Å². The summed E-state index contributed by atoms with van der Waals surface area (Å²) in [5.41, 5.74) is 3.53. The summed E-state index contributed by atoms with van der Waals surface area (Å²) >= 11 is 9.46. The number of amides is 1. The van der Waals surface area contributed by atoms with Crippen LogP contribution >= 0.6 is 27.5 Å². The van der Waals surface area contributed by atoms with Crippen LogP contribution in [0.4, 0.5) is 5.69 Å². The molecule has 3 rings (SSSR count). The summed E-state index contributed by atoms with van der Waals surface area (Å²) in [6.45, 7) is 6.09. The zero-order valence-corrected chi connectivity index (χ0v) is 15.9. The fourth-order valence-corrected chi connectivity index (χ4v) is 3.40. The monoisotopic (exact) mass is 405 g/mol. The Morgan fingerprint density at radius 2 is 1.92 bits per heavy atom. The molecular formula is C19H17BrClNO2. The van der Waals surface area contributed by atoms with E-state index in [2.05, 4.69) is 21.2 Å². The van der Waals surface area contributed by atoms with Crippen LogP contribution in [0.5, 0.6) is 5.75 Å². The van der Waals surface area contributed by atoms with E-state index in [4.69, 9.17) is 11.6 Å². The summed E-state index contributed by atoms with van der Waals surface area (Å²) in [7, 11) is 0. The second-order valence-corrected chi connectivity index (χ2v) is 8.14. The van der Waals surface area contributed by atoms with Crippen molar-refractivity contribution in [3.8, 4) is 5.75 Å². The standard InChI is InChI=1S/C19H17BrClNO2/c1-19(2,3)14-7-10(8-15(20)17(14)23)6-13-12-9-11(21)4-5-16(12)22-18(13)24/h4-9,23H,1-3H3,(H,22,24). The number of phenols is 1. The summed E-state index contributed by atoms with van der Waals surface area (Å²) in [6, 6.07) is 9.03. The molecule has 3 nitrogen and oxygen atoms in total. The van der Waals surface area contributed by atoms with Crippen LogP contribution in [0.2, 0.25) is 5.02 Å². The number of aromatic hydroxyl groups is 1. The molecule has 5 heteroatoms. The minimum Gasteiger partial charge on any atom is -0.506 e. The first-order chi connectivity index (χ1) is 11.2. The molecule has 0 atom stereocenters. The van der Waals surface area contributed by atoms with Crippen molar-refractivity contribution in [1.29, 1.82) is 0 Å². The Hall–Kier alpha value is -1.78. The van der Waals surface area contributed by atoms with Gasteiger partial charge in [-0.2, -0.15) is 0 Å². The van der Waals surface area contributed by atoms with E-state index >= 15 is 0 Å². The molecule has 0 bridgehead atoms. The number of nitrogens with one attached hydrogen (secondary N) is 1. The van der Waals surface area contributed by atoms with Gasteiger partial charge in [0.1, 0.15) is 5.75 Å². The smallest absolute Gasteiger partial charge is 0.256 e. The van der Waals surface area contributed by atoms with Crippen molar-refractivity contribution < 1.29 is 9.90 Å². The first-order valence-corrected chi connectivity index (χ1v) is 8.70. The lowest BCUT2D eigenvalue weighted by Crippen LogP contribution is -2.11. The lowest BCUT2D eigenvalue weighted by Gasteiger charge is -2.21. The number of carbonyl (C=O) groups excluding carboxylic acids is 1. The number of halogens is 2. The molecule has 0 spiro atoms. The second kappa shape index (κ2) is 5.94. The van der Waals surface area contributed by atoms with Gasteiger partial charge in [0.2, 0.25) is 0 Å². The van der Waals surface area contributed by atoms with E-state index in [0.29, 0.717) is 15.1 Å². The lowest BCUT2D eigenvalue weighted by molar-refractivity contribution is -0.110. The van der Waals surface area contributed by atoms with Gasteiger partial charge in [-0.05, 0) is 63.3 Å². The average molecular weight is 407 g/mol. The minimum atomic E-state index is -0.222. The molecular weight excluding hydrogens is 390 g/mol. The van der Waals surface area contributed by atoms with Gasteiger partial charge in [-0.1, -0.05) is 32.4 Å². The molecule has 124 valence electrons. The minimum absolute atomic E-state index is 0.159. The Balaban J connectivity index is 2.15. The molecule has 24 heavy (non-hydrogen) atoms. The van der Waals surface area contributed by atoms with E-state index < -0.39 is 0 Å². The Morgan fingerprint density at radius 1 is 1.21 bits per heavy atom. The topological polar surface area (TPSA) is 49.3 Å². The van der Waals surface area contributed by atoms with Gasteiger partial charge < -0.3 is 10.4 Å². The molecule has 2 aromatic rings. The van der Waals surface area contributed by atoms with Crippen molar-refractivity contribution >= 4 is 50.8 Å². The van der Waals surface area contributed by atoms with E-state index in [1.807, 2.05) is 32.9 Å². The zero-order chi connectivity index (χ0) is 17.6. The van der Waals surface area contributed by atoms with Gasteiger partial charge in [0, 0.05) is 27.4 Å². The number of anilines is 1. The van der Waals surface area contributed by atoms with Crippen LogP contribution in [-0.2, 0) is 10.2 Å². The maximum atomic E-state index is 12.3. The second-order valence-electron chi connectivity index (χ2n) is 6.85. The zero-order valence-electron chi connectivity index (χ0n) is 13.6. The third-order valence-corrected chi connectivity index (χ3v) is 4.81. The number of phenolic OH excluding ortho intramolecular Hbond substituents is 1. The van der Waals surface area contributed by atoms with Crippen LogP contribution in [0.1, 0.15) is 37.5 Å². The van der Waals surface area contributed by atoms with E-state index in [1.54, 1.807) is 24.3 Å². The Bertz CT molecular complexity index is 882. The Kier molecular flexibility index (Phi) is 4.22. The summed E-state index contributed by atoms with van der Waals surface area (Å²) in [6.07, 6.45) is 1.82. The van der Waals surface area contributed by atoms with E-state index in [0.717, 1.165) is 22.4 Å². The van der Waals surface area contributed by atoms with Gasteiger partial charge in [-0.15, -0.1) is 0 Å². The number of fused-ring (bicyclic) bond motifs is 1. The number of carbonyl (C=O) groups is 1. The predicted molar refractivity (Wildman–Crippen MR) is 102 cm³/mol. The molecule has 1 aliphatic rings. The quantitative estimate of drug-likeness (QED) is 0.606. The number of hydrogen-bond donors (Lipinski definition) is 2. The van der Waals surface area contributed by atoms with Gasteiger partial charge in [-0.3, -0.25) is 4.79 Å². The molecule has 0 fully saturated rings. The molecule has 2 N–H and O–H groups in total. The molecule has 0 saturated heterocycles. The van der Waals surface area contributed by atoms with Crippen molar-refractivity contribution in [1.82, 2.24) is 0 Å². The maximum Gasteiger partial charge on any atom is 0.256 e. The van der Waals surface area contributed by atoms with Crippen molar-refractivity contribution in [3.05, 3.63) is 56.5 Å². The van der Waals surface area contributed by atoms with Crippen LogP contribution in [0.3, 0.4) is 0 Å². The number of benzene rings is 2. The molecule has 1 aliphatic heterocycles. The fourth-order valence-electron chi connectivity index (χ4n) is 2.75. The Morgan fingerprint density at radius 3 is 2.58 bits per heavy atom. The lowest BCUT2D eigenvalue weighted by atomic mass is 9.85. The highest BCUT2D eigenvalue weighted by molar-refractivity contribution is 9.10. The molecule has 0 saturated carbocycles. The summed E-state index contributed by atoms with van der Waals surface area (Å²) in [5, 5.41) is 13.7. The highest BCUT2D eigenvalue weighted by Crippen LogP contribution is 2.39. The van der Waals surface area contributed by atoms with E-state index in [9.17, 15) is 9.90 Å². The molecule has 0 unspecified atom stereocenters. The van der Waals surface area contributed by atoms with Gasteiger partial charge in [0.15, 0.2) is 0 Å². The fraction of sp³-hybridized carbons (Fsp3) is 0.211. The summed E-state index contributed by atoms with van der Waals surface area (Å²) < 4.78 is 0.603. The van der Waals surface area contributed by atoms with Gasteiger partial charge >= 0.3 is 0 Å². The van der Waals surface area contributed by atoms with Crippen molar-refractivity contribution in [2.24, 2.45) is 0 Å². The van der Waals surface area contributed by atoms with E-state index in [1.165, 1.54) is 0 Å². The average Bonchev–Trinajstić information content (AvgIpc) is 2.77. The van der Waals surface area contributed by atoms with Gasteiger partial charge in [-0.25, -0.2) is 0 Å². The van der Waals surface area contributed by atoms with Crippen LogP contribution in [0.15, 0.2) is 34.8 Å². The summed E-state index contributed by atoms with van der Waals surface area (Å²) in [4.78, 5) is 12.3. The first kappa shape index (κ1) is 17.1. The summed E-state index contributed by atoms with van der Waals surface area (Å²) in [5.74, 6) is 0.0674. The molecule has 1 amide bonds. The largest absolute Gasteiger partial charge is 0.506 e.